The molecule has 0 aliphatic rings. The van der Waals surface area contributed by atoms with Gasteiger partial charge in [0.2, 0.25) is 0 Å². The summed E-state index contributed by atoms with van der Waals surface area (Å²) in [7, 11) is 1.84. The Morgan fingerprint density at radius 2 is 2.22 bits per heavy atom. The number of nitrogens with one attached hydrogen (secondary N) is 1. The van der Waals surface area contributed by atoms with Gasteiger partial charge in [0.15, 0.2) is 0 Å². The molecule has 1 unspecified atom stereocenters. The lowest BCUT2D eigenvalue weighted by Crippen LogP contribution is -2.29. The molecule has 3 aromatic rings. The smallest absolute Gasteiger partial charge is 0.254 e. The van der Waals surface area contributed by atoms with Crippen molar-refractivity contribution in [2.75, 3.05) is 7.05 Å². The van der Waals surface area contributed by atoms with Crippen LogP contribution in [0.25, 0.3) is 11.0 Å². The standard InChI is InChI=1S/C17H20N4OS/c1-5-15-20-10(2)16(23-15)11(3)21(4)17(22)12-6-7-13-14(8-12)19-9-18-13/h6-9,11H,5H2,1-4H3,(H,18,19). The van der Waals surface area contributed by atoms with Crippen molar-refractivity contribution in [3.8, 4) is 0 Å². The van der Waals surface area contributed by atoms with Gasteiger partial charge in [0.05, 0.1) is 34.1 Å². The summed E-state index contributed by atoms with van der Waals surface area (Å²) in [6.07, 6.45) is 2.56. The van der Waals surface area contributed by atoms with E-state index in [1.165, 1.54) is 0 Å². The molecular formula is C17H20N4OS. The Morgan fingerprint density at radius 3 is 2.91 bits per heavy atom. The highest BCUT2D eigenvalue weighted by Gasteiger charge is 2.23. The Morgan fingerprint density at radius 1 is 1.43 bits per heavy atom. The summed E-state index contributed by atoms with van der Waals surface area (Å²) >= 11 is 1.69. The maximum Gasteiger partial charge on any atom is 0.254 e. The van der Waals surface area contributed by atoms with Crippen LogP contribution in [0.2, 0.25) is 0 Å². The van der Waals surface area contributed by atoms with Crippen molar-refractivity contribution in [2.24, 2.45) is 0 Å². The number of aromatic nitrogens is 3. The van der Waals surface area contributed by atoms with E-state index in [4.69, 9.17) is 0 Å². The minimum Gasteiger partial charge on any atom is -0.345 e. The first kappa shape index (κ1) is 15.7. The number of imidazole rings is 1. The molecule has 0 spiro atoms. The molecule has 3 rings (SSSR count). The average Bonchev–Trinajstić information content (AvgIpc) is 3.17. The van der Waals surface area contributed by atoms with Crippen LogP contribution < -0.4 is 0 Å². The molecule has 0 saturated carbocycles. The van der Waals surface area contributed by atoms with Gasteiger partial charge >= 0.3 is 0 Å². The number of aromatic amines is 1. The van der Waals surface area contributed by atoms with Gasteiger partial charge in [-0.2, -0.15) is 0 Å². The number of nitrogens with zero attached hydrogens (tertiary/aromatic N) is 3. The van der Waals surface area contributed by atoms with E-state index in [0.717, 1.165) is 33.0 Å². The fourth-order valence-electron chi connectivity index (χ4n) is 2.63. The molecule has 0 bridgehead atoms. The average molecular weight is 328 g/mol. The minimum atomic E-state index is -0.00207. The molecule has 1 aromatic carbocycles. The number of hydrogen-bond acceptors (Lipinski definition) is 4. The molecule has 0 saturated heterocycles. The third-order valence-electron chi connectivity index (χ3n) is 4.13. The monoisotopic (exact) mass is 328 g/mol. The quantitative estimate of drug-likeness (QED) is 0.794. The maximum absolute atomic E-state index is 12.8. The zero-order chi connectivity index (χ0) is 16.6. The minimum absolute atomic E-state index is 0.000140. The van der Waals surface area contributed by atoms with E-state index in [-0.39, 0.29) is 11.9 Å². The maximum atomic E-state index is 12.8. The summed E-state index contributed by atoms with van der Waals surface area (Å²) in [6.45, 7) is 6.16. The number of aryl methyl sites for hydroxylation is 2. The summed E-state index contributed by atoms with van der Waals surface area (Å²) in [5.41, 5.74) is 3.42. The van der Waals surface area contributed by atoms with Crippen LogP contribution in [0.3, 0.4) is 0 Å². The molecule has 5 nitrogen and oxygen atoms in total. The van der Waals surface area contributed by atoms with Crippen molar-refractivity contribution in [1.29, 1.82) is 0 Å². The summed E-state index contributed by atoms with van der Waals surface area (Å²) in [5.74, 6) is -0.000140. The van der Waals surface area contributed by atoms with Crippen LogP contribution in [0.4, 0.5) is 0 Å². The predicted molar refractivity (Wildman–Crippen MR) is 92.8 cm³/mol. The molecule has 120 valence electrons. The van der Waals surface area contributed by atoms with Crippen molar-refractivity contribution in [1.82, 2.24) is 19.9 Å². The zero-order valence-electron chi connectivity index (χ0n) is 13.8. The van der Waals surface area contributed by atoms with Crippen LogP contribution in [-0.4, -0.2) is 32.8 Å². The lowest BCUT2D eigenvalue weighted by atomic mass is 10.1. The number of thiazole rings is 1. The van der Waals surface area contributed by atoms with E-state index in [0.29, 0.717) is 5.56 Å². The first-order chi connectivity index (χ1) is 11.0. The molecular weight excluding hydrogens is 308 g/mol. The van der Waals surface area contributed by atoms with E-state index < -0.39 is 0 Å². The van der Waals surface area contributed by atoms with Gasteiger partial charge in [-0.3, -0.25) is 4.79 Å². The summed E-state index contributed by atoms with van der Waals surface area (Å²) in [6, 6.07) is 5.54. The topological polar surface area (TPSA) is 61.9 Å². The fraction of sp³-hybridized carbons (Fsp3) is 0.353. The van der Waals surface area contributed by atoms with Crippen molar-refractivity contribution in [3.63, 3.8) is 0 Å². The third-order valence-corrected chi connectivity index (χ3v) is 5.60. The molecule has 0 aliphatic heterocycles. The van der Waals surface area contributed by atoms with E-state index in [9.17, 15) is 4.79 Å². The van der Waals surface area contributed by atoms with E-state index in [1.54, 1.807) is 22.6 Å². The largest absolute Gasteiger partial charge is 0.345 e. The highest BCUT2D eigenvalue weighted by Crippen LogP contribution is 2.29. The van der Waals surface area contributed by atoms with Crippen LogP contribution in [0.1, 0.15) is 45.8 Å². The van der Waals surface area contributed by atoms with Crippen LogP contribution in [0, 0.1) is 6.92 Å². The molecule has 0 aliphatic carbocycles. The van der Waals surface area contributed by atoms with Crippen molar-refractivity contribution >= 4 is 28.3 Å². The Hall–Kier alpha value is -2.21. The molecule has 0 fully saturated rings. The predicted octanol–water partition coefficient (Wildman–Crippen LogP) is 3.72. The molecule has 1 atom stereocenters. The molecule has 2 heterocycles. The van der Waals surface area contributed by atoms with Gasteiger partial charge in [-0.15, -0.1) is 11.3 Å². The Bertz CT molecular complexity index is 851. The molecule has 1 N–H and O–H groups in total. The second-order valence-corrected chi connectivity index (χ2v) is 6.75. The number of H-pyrrole nitrogens is 1. The Labute approximate surface area is 139 Å². The van der Waals surface area contributed by atoms with Gasteiger partial charge in [0.25, 0.3) is 5.91 Å². The highest BCUT2D eigenvalue weighted by atomic mass is 32.1. The van der Waals surface area contributed by atoms with Crippen molar-refractivity contribution in [3.05, 3.63) is 45.7 Å². The van der Waals surface area contributed by atoms with Gasteiger partial charge in [-0.05, 0) is 38.5 Å². The molecule has 6 heteroatoms. The number of rotatable bonds is 4. The van der Waals surface area contributed by atoms with Crippen LogP contribution in [-0.2, 0) is 6.42 Å². The van der Waals surface area contributed by atoms with Gasteiger partial charge in [-0.25, -0.2) is 9.97 Å². The summed E-state index contributed by atoms with van der Waals surface area (Å²) < 4.78 is 0. The van der Waals surface area contributed by atoms with Gasteiger partial charge < -0.3 is 9.88 Å². The molecule has 0 radical (unpaired) electrons. The number of benzene rings is 1. The number of carbonyl (C=O) groups is 1. The van der Waals surface area contributed by atoms with Gasteiger partial charge in [-0.1, -0.05) is 6.92 Å². The highest BCUT2D eigenvalue weighted by molar-refractivity contribution is 7.11. The summed E-state index contributed by atoms with van der Waals surface area (Å²) in [5, 5.41) is 1.11. The second-order valence-electron chi connectivity index (χ2n) is 5.64. The lowest BCUT2D eigenvalue weighted by molar-refractivity contribution is 0.0744. The third kappa shape index (κ3) is 2.86. The van der Waals surface area contributed by atoms with Crippen LogP contribution in [0.15, 0.2) is 24.5 Å². The van der Waals surface area contributed by atoms with Gasteiger partial charge in [0.1, 0.15) is 0 Å². The lowest BCUT2D eigenvalue weighted by Gasteiger charge is -2.24. The Kier molecular flexibility index (Phi) is 4.17. The van der Waals surface area contributed by atoms with Gasteiger partial charge in [0, 0.05) is 17.5 Å². The second kappa shape index (κ2) is 6.12. The molecule has 1 amide bonds. The van der Waals surface area contributed by atoms with Crippen LogP contribution >= 0.6 is 11.3 Å². The van der Waals surface area contributed by atoms with E-state index in [2.05, 4.69) is 21.9 Å². The van der Waals surface area contributed by atoms with Crippen molar-refractivity contribution in [2.45, 2.75) is 33.2 Å². The first-order valence-corrected chi connectivity index (χ1v) is 8.49. The molecule has 2 aromatic heterocycles. The summed E-state index contributed by atoms with van der Waals surface area (Å²) in [4.78, 5) is 27.5. The SMILES string of the molecule is CCc1nc(C)c(C(C)N(C)C(=O)c2ccc3nc[nH]c3c2)s1. The number of amides is 1. The number of fused-ring (bicyclic) bond motifs is 1. The zero-order valence-corrected chi connectivity index (χ0v) is 14.6. The number of hydrogen-bond donors (Lipinski definition) is 1. The van der Waals surface area contributed by atoms with E-state index >= 15 is 0 Å². The first-order valence-electron chi connectivity index (χ1n) is 7.67. The normalized spacial score (nSPS) is 12.5. The Balaban J connectivity index is 1.86. The fourth-order valence-corrected chi connectivity index (χ4v) is 3.73. The molecule has 23 heavy (non-hydrogen) atoms. The van der Waals surface area contributed by atoms with Crippen molar-refractivity contribution < 1.29 is 4.79 Å². The number of carbonyl (C=O) groups excluding carboxylic acids is 1. The van der Waals surface area contributed by atoms with E-state index in [1.807, 2.05) is 39.1 Å². The van der Waals surface area contributed by atoms with Crippen LogP contribution in [0.5, 0.6) is 0 Å².